The van der Waals surface area contributed by atoms with Crippen molar-refractivity contribution in [1.82, 2.24) is 9.88 Å². The quantitative estimate of drug-likeness (QED) is 0.862. The molecule has 0 amide bonds. The molecule has 0 radical (unpaired) electrons. The molecule has 3 nitrogen and oxygen atoms in total. The molecule has 1 aliphatic heterocycles. The summed E-state index contributed by atoms with van der Waals surface area (Å²) in [6.45, 7) is 4.49. The van der Waals surface area contributed by atoms with E-state index in [1.165, 1.54) is 25.1 Å². The van der Waals surface area contributed by atoms with E-state index >= 15 is 0 Å². The van der Waals surface area contributed by atoms with Gasteiger partial charge in [-0.15, -0.1) is 0 Å². The number of aromatic nitrogens is 1. The van der Waals surface area contributed by atoms with Crippen LogP contribution >= 0.6 is 0 Å². The number of nitrogens with zero attached hydrogens (tertiary/aromatic N) is 2. The number of anilines is 1. The lowest BCUT2D eigenvalue weighted by atomic mass is 10.1. The molecule has 17 heavy (non-hydrogen) atoms. The maximum Gasteiger partial charge on any atom is 0.131 e. The van der Waals surface area contributed by atoms with Crippen molar-refractivity contribution in [1.29, 1.82) is 0 Å². The Balaban J connectivity index is 2.04. The largest absolute Gasteiger partial charge is 0.358 e. The second-order valence-corrected chi connectivity index (χ2v) is 4.39. The summed E-state index contributed by atoms with van der Waals surface area (Å²) in [6.07, 6.45) is 9.07. The Morgan fingerprint density at radius 3 is 2.82 bits per heavy atom. The average molecular weight is 231 g/mol. The molecule has 1 aromatic heterocycles. The van der Waals surface area contributed by atoms with Gasteiger partial charge in [-0.2, -0.15) is 0 Å². The molecule has 3 heteroatoms. The highest BCUT2D eigenvalue weighted by Gasteiger charge is 2.13. The summed E-state index contributed by atoms with van der Waals surface area (Å²) in [5, 5.41) is 3.43. The molecule has 0 spiro atoms. The fourth-order valence-corrected chi connectivity index (χ4v) is 2.16. The first-order valence-electron chi connectivity index (χ1n) is 6.53. The van der Waals surface area contributed by atoms with E-state index in [1.807, 2.05) is 24.4 Å². The van der Waals surface area contributed by atoms with Crippen LogP contribution in [0.3, 0.4) is 0 Å². The van der Waals surface area contributed by atoms with E-state index in [2.05, 4.69) is 28.2 Å². The zero-order chi connectivity index (χ0) is 11.9. The Labute approximate surface area is 104 Å². The second-order valence-electron chi connectivity index (χ2n) is 4.39. The van der Waals surface area contributed by atoms with Crippen LogP contribution in [0.15, 0.2) is 36.3 Å². The summed E-state index contributed by atoms with van der Waals surface area (Å²) >= 11 is 0. The molecule has 1 N–H and O–H groups in total. The molecule has 2 rings (SSSR count). The summed E-state index contributed by atoms with van der Waals surface area (Å²) in [4.78, 5) is 6.75. The van der Waals surface area contributed by atoms with Crippen molar-refractivity contribution < 1.29 is 0 Å². The summed E-state index contributed by atoms with van der Waals surface area (Å²) in [6, 6.07) is 5.96. The highest BCUT2D eigenvalue weighted by molar-refractivity contribution is 5.40. The van der Waals surface area contributed by atoms with Gasteiger partial charge in [-0.25, -0.2) is 4.98 Å². The Morgan fingerprint density at radius 2 is 2.18 bits per heavy atom. The predicted octanol–water partition coefficient (Wildman–Crippen LogP) is 3.23. The van der Waals surface area contributed by atoms with Gasteiger partial charge in [0.1, 0.15) is 11.6 Å². The van der Waals surface area contributed by atoms with Crippen LogP contribution in [0.25, 0.3) is 0 Å². The zero-order valence-electron chi connectivity index (χ0n) is 10.5. The van der Waals surface area contributed by atoms with E-state index in [0.717, 1.165) is 25.3 Å². The first-order chi connectivity index (χ1) is 8.40. The third kappa shape index (κ3) is 3.48. The molecule has 0 unspecified atom stereocenters. The fourth-order valence-electron chi connectivity index (χ4n) is 2.16. The van der Waals surface area contributed by atoms with Gasteiger partial charge in [-0.3, -0.25) is 0 Å². The summed E-state index contributed by atoms with van der Waals surface area (Å²) in [5.41, 5.74) is 0. The van der Waals surface area contributed by atoms with Crippen molar-refractivity contribution in [3.63, 3.8) is 0 Å². The van der Waals surface area contributed by atoms with Gasteiger partial charge in [0, 0.05) is 19.3 Å². The Morgan fingerprint density at radius 1 is 1.35 bits per heavy atom. The number of piperidine rings is 1. The van der Waals surface area contributed by atoms with Crippen molar-refractivity contribution in [2.24, 2.45) is 0 Å². The molecule has 0 bridgehead atoms. The minimum Gasteiger partial charge on any atom is -0.358 e. The van der Waals surface area contributed by atoms with E-state index in [1.54, 1.807) is 0 Å². The molecule has 0 aromatic carbocycles. The summed E-state index contributed by atoms with van der Waals surface area (Å²) < 4.78 is 0. The van der Waals surface area contributed by atoms with Crippen molar-refractivity contribution in [2.75, 3.05) is 18.4 Å². The lowest BCUT2D eigenvalue weighted by Gasteiger charge is -2.31. The van der Waals surface area contributed by atoms with Crippen LogP contribution in [0.4, 0.5) is 5.82 Å². The van der Waals surface area contributed by atoms with Gasteiger partial charge >= 0.3 is 0 Å². The molecular formula is C14H21N3. The Kier molecular flexibility index (Phi) is 4.42. The third-order valence-corrected chi connectivity index (χ3v) is 3.02. The van der Waals surface area contributed by atoms with Crippen molar-refractivity contribution in [3.05, 3.63) is 36.3 Å². The molecule has 92 valence electrons. The molecule has 1 fully saturated rings. The standard InChI is InChI=1S/C14H21N3/c1-2-8-14(17-11-6-3-7-12-17)16-13-9-4-5-10-15-13/h4-5,8-10H,2-3,6-7,11-12H2,1H3,(H,15,16)/b14-8-. The number of hydrogen-bond donors (Lipinski definition) is 1. The van der Waals surface area contributed by atoms with Crippen molar-refractivity contribution in [3.8, 4) is 0 Å². The molecule has 1 aromatic rings. The molecule has 0 saturated carbocycles. The van der Waals surface area contributed by atoms with Gasteiger partial charge < -0.3 is 10.2 Å². The molecule has 0 atom stereocenters. The molecule has 0 aliphatic carbocycles. The highest BCUT2D eigenvalue weighted by atomic mass is 15.3. The molecule has 1 aliphatic rings. The van der Waals surface area contributed by atoms with E-state index < -0.39 is 0 Å². The van der Waals surface area contributed by atoms with Gasteiger partial charge in [0.05, 0.1) is 0 Å². The minimum absolute atomic E-state index is 0.928. The van der Waals surface area contributed by atoms with Crippen LogP contribution in [0.2, 0.25) is 0 Å². The normalized spacial score (nSPS) is 17.0. The van der Waals surface area contributed by atoms with E-state index in [4.69, 9.17) is 0 Å². The first-order valence-corrected chi connectivity index (χ1v) is 6.53. The van der Waals surface area contributed by atoms with Gasteiger partial charge in [0.15, 0.2) is 0 Å². The molecular weight excluding hydrogens is 210 g/mol. The van der Waals surface area contributed by atoms with Crippen LogP contribution in [0.1, 0.15) is 32.6 Å². The number of hydrogen-bond acceptors (Lipinski definition) is 3. The van der Waals surface area contributed by atoms with Gasteiger partial charge in [0.25, 0.3) is 0 Å². The number of nitrogens with one attached hydrogen (secondary N) is 1. The first kappa shape index (κ1) is 12.0. The maximum atomic E-state index is 4.32. The maximum absolute atomic E-state index is 4.32. The summed E-state index contributed by atoms with van der Waals surface area (Å²) in [5.74, 6) is 2.14. The topological polar surface area (TPSA) is 28.2 Å². The minimum atomic E-state index is 0.928. The van der Waals surface area contributed by atoms with E-state index in [0.29, 0.717) is 0 Å². The number of allylic oxidation sites excluding steroid dienone is 1. The Bertz CT molecular complexity index is 353. The lowest BCUT2D eigenvalue weighted by molar-refractivity contribution is 0.287. The Hall–Kier alpha value is -1.51. The molecule has 1 saturated heterocycles. The fraction of sp³-hybridized carbons (Fsp3) is 0.500. The van der Waals surface area contributed by atoms with Gasteiger partial charge in [-0.05, 0) is 43.9 Å². The SMILES string of the molecule is CC/C=C(/Nc1ccccn1)N1CCCCC1. The van der Waals surface area contributed by atoms with Crippen LogP contribution < -0.4 is 5.32 Å². The smallest absolute Gasteiger partial charge is 0.131 e. The van der Waals surface area contributed by atoms with Gasteiger partial charge in [0.2, 0.25) is 0 Å². The average Bonchev–Trinajstić information content (AvgIpc) is 2.40. The van der Waals surface area contributed by atoms with Crippen molar-refractivity contribution in [2.45, 2.75) is 32.6 Å². The highest BCUT2D eigenvalue weighted by Crippen LogP contribution is 2.16. The van der Waals surface area contributed by atoms with Crippen LogP contribution in [0.5, 0.6) is 0 Å². The van der Waals surface area contributed by atoms with E-state index in [-0.39, 0.29) is 0 Å². The van der Waals surface area contributed by atoms with Crippen LogP contribution in [-0.4, -0.2) is 23.0 Å². The predicted molar refractivity (Wildman–Crippen MR) is 71.7 cm³/mol. The second kappa shape index (κ2) is 6.28. The van der Waals surface area contributed by atoms with Crippen LogP contribution in [-0.2, 0) is 0 Å². The molecule has 2 heterocycles. The third-order valence-electron chi connectivity index (χ3n) is 3.02. The number of rotatable bonds is 4. The van der Waals surface area contributed by atoms with E-state index in [9.17, 15) is 0 Å². The lowest BCUT2D eigenvalue weighted by Crippen LogP contribution is -2.32. The zero-order valence-corrected chi connectivity index (χ0v) is 10.5. The van der Waals surface area contributed by atoms with Gasteiger partial charge in [-0.1, -0.05) is 13.0 Å². The number of pyridine rings is 1. The number of likely N-dealkylation sites (tertiary alicyclic amines) is 1. The monoisotopic (exact) mass is 231 g/mol. The van der Waals surface area contributed by atoms with Crippen molar-refractivity contribution >= 4 is 5.82 Å². The summed E-state index contributed by atoms with van der Waals surface area (Å²) in [7, 11) is 0. The van der Waals surface area contributed by atoms with Crippen LogP contribution in [0, 0.1) is 0 Å².